The minimum absolute atomic E-state index is 0.0718. The minimum Gasteiger partial charge on any atom is -0.507 e. The molecular weight excluding hydrogens is 396 g/mol. The molecule has 0 spiro atoms. The van der Waals surface area contributed by atoms with Gasteiger partial charge in [-0.05, 0) is 38.1 Å². The quantitative estimate of drug-likeness (QED) is 0.301. The third-order valence-corrected chi connectivity index (χ3v) is 5.65. The van der Waals surface area contributed by atoms with Crippen LogP contribution in [0.15, 0.2) is 59.7 Å². The normalized spacial score (nSPS) is 18.5. The maximum Gasteiger partial charge on any atom is 0.347 e. The van der Waals surface area contributed by atoms with Gasteiger partial charge in [0.1, 0.15) is 5.75 Å². The van der Waals surface area contributed by atoms with Crippen LogP contribution in [0.4, 0.5) is 10.5 Å². The molecule has 3 N–H and O–H groups in total. The van der Waals surface area contributed by atoms with Crippen LogP contribution in [0.25, 0.3) is 0 Å². The molecule has 7 nitrogen and oxygen atoms in total. The van der Waals surface area contributed by atoms with Crippen molar-refractivity contribution in [3.8, 4) is 5.75 Å². The predicted molar refractivity (Wildman–Crippen MR) is 115 cm³/mol. The summed E-state index contributed by atoms with van der Waals surface area (Å²) in [6.45, 7) is 3.73. The lowest BCUT2D eigenvalue weighted by Gasteiger charge is -2.34. The SMILES string of the molecule is CC1(C)SC(=S)N(/N=C\c2ccccc2O)[C@@H]1N(O)C(=O)Nc1ccccc1. The highest BCUT2D eigenvalue weighted by Crippen LogP contribution is 2.42. The van der Waals surface area contributed by atoms with Gasteiger partial charge in [-0.2, -0.15) is 10.2 Å². The van der Waals surface area contributed by atoms with E-state index >= 15 is 0 Å². The van der Waals surface area contributed by atoms with E-state index in [9.17, 15) is 15.1 Å². The van der Waals surface area contributed by atoms with E-state index < -0.39 is 16.9 Å². The molecule has 1 aliphatic rings. The van der Waals surface area contributed by atoms with E-state index in [2.05, 4.69) is 10.4 Å². The van der Waals surface area contributed by atoms with Crippen LogP contribution in [0.1, 0.15) is 19.4 Å². The molecule has 0 bridgehead atoms. The number of rotatable bonds is 4. The number of hydrazone groups is 1. The first-order chi connectivity index (χ1) is 13.3. The Morgan fingerprint density at radius 1 is 1.25 bits per heavy atom. The van der Waals surface area contributed by atoms with E-state index in [1.807, 2.05) is 19.9 Å². The van der Waals surface area contributed by atoms with E-state index in [1.54, 1.807) is 48.5 Å². The van der Waals surface area contributed by atoms with Gasteiger partial charge in [-0.25, -0.2) is 9.80 Å². The summed E-state index contributed by atoms with van der Waals surface area (Å²) in [5.41, 5.74) is 1.05. The van der Waals surface area contributed by atoms with Crippen molar-refractivity contribution >= 4 is 46.2 Å². The number of benzene rings is 2. The molecule has 3 rings (SSSR count). The number of phenols is 1. The van der Waals surface area contributed by atoms with Crippen LogP contribution < -0.4 is 5.32 Å². The smallest absolute Gasteiger partial charge is 0.347 e. The van der Waals surface area contributed by atoms with Gasteiger partial charge in [-0.15, -0.1) is 0 Å². The summed E-state index contributed by atoms with van der Waals surface area (Å²) < 4.78 is -0.205. The molecular formula is C19H20N4O3S2. The molecule has 0 unspecified atom stereocenters. The number of amides is 2. The van der Waals surface area contributed by atoms with Crippen LogP contribution >= 0.6 is 24.0 Å². The van der Waals surface area contributed by atoms with Crippen molar-refractivity contribution in [1.82, 2.24) is 10.1 Å². The Balaban J connectivity index is 1.84. The maximum absolute atomic E-state index is 12.6. The van der Waals surface area contributed by atoms with Gasteiger partial charge in [-0.3, -0.25) is 5.21 Å². The zero-order valence-electron chi connectivity index (χ0n) is 15.3. The number of aromatic hydroxyl groups is 1. The molecule has 2 aromatic rings. The number of hydroxylamine groups is 2. The first-order valence-corrected chi connectivity index (χ1v) is 9.70. The average Bonchev–Trinajstić information content (AvgIpc) is 2.89. The Bertz CT molecular complexity index is 905. The number of carbonyl (C=O) groups is 1. The summed E-state index contributed by atoms with van der Waals surface area (Å²) in [6, 6.07) is 14.9. The van der Waals surface area contributed by atoms with Gasteiger partial charge in [0.25, 0.3) is 0 Å². The average molecular weight is 417 g/mol. The van der Waals surface area contributed by atoms with Crippen LogP contribution in [-0.4, -0.2) is 47.9 Å². The predicted octanol–water partition coefficient (Wildman–Crippen LogP) is 4.09. The molecule has 0 aliphatic carbocycles. The monoisotopic (exact) mass is 416 g/mol. The van der Waals surface area contributed by atoms with Gasteiger partial charge >= 0.3 is 6.03 Å². The summed E-state index contributed by atoms with van der Waals surface area (Å²) in [5, 5.41) is 29.5. The van der Waals surface area contributed by atoms with Crippen LogP contribution in [-0.2, 0) is 0 Å². The molecule has 1 atom stereocenters. The van der Waals surface area contributed by atoms with Crippen LogP contribution in [0.2, 0.25) is 0 Å². The molecule has 0 saturated carbocycles. The molecule has 9 heteroatoms. The van der Waals surface area contributed by atoms with Gasteiger partial charge in [0, 0.05) is 11.3 Å². The van der Waals surface area contributed by atoms with Crippen molar-refractivity contribution in [2.75, 3.05) is 5.32 Å². The van der Waals surface area contributed by atoms with Crippen molar-refractivity contribution in [2.24, 2.45) is 5.10 Å². The molecule has 2 aromatic carbocycles. The number of urea groups is 1. The van der Waals surface area contributed by atoms with Gasteiger partial charge < -0.3 is 10.4 Å². The number of thiocarbonyl (C=S) groups is 1. The zero-order chi connectivity index (χ0) is 20.3. The number of para-hydroxylation sites is 2. The minimum atomic E-state index is -0.837. The van der Waals surface area contributed by atoms with E-state index in [-0.39, 0.29) is 5.75 Å². The largest absolute Gasteiger partial charge is 0.507 e. The number of anilines is 1. The fourth-order valence-electron chi connectivity index (χ4n) is 2.76. The van der Waals surface area contributed by atoms with Crippen molar-refractivity contribution in [3.63, 3.8) is 0 Å². The molecule has 1 heterocycles. The number of hydrogen-bond acceptors (Lipinski definition) is 6. The summed E-state index contributed by atoms with van der Waals surface area (Å²) in [4.78, 5) is 12.6. The first-order valence-electron chi connectivity index (χ1n) is 8.48. The number of nitrogens with one attached hydrogen (secondary N) is 1. The topological polar surface area (TPSA) is 88.4 Å². The molecule has 146 valence electrons. The molecule has 1 saturated heterocycles. The number of phenolic OH excluding ortho intramolecular Hbond substituents is 1. The Hall–Kier alpha value is -2.62. The zero-order valence-corrected chi connectivity index (χ0v) is 16.9. The number of thioether (sulfide) groups is 1. The fraction of sp³-hybridized carbons (Fsp3) is 0.211. The van der Waals surface area contributed by atoms with E-state index in [4.69, 9.17) is 12.2 Å². The van der Waals surface area contributed by atoms with Gasteiger partial charge in [0.2, 0.25) is 0 Å². The molecule has 1 fully saturated rings. The highest BCUT2D eigenvalue weighted by atomic mass is 32.2. The van der Waals surface area contributed by atoms with E-state index in [0.717, 1.165) is 0 Å². The molecule has 1 aliphatic heterocycles. The van der Waals surface area contributed by atoms with Crippen LogP contribution in [0, 0.1) is 0 Å². The van der Waals surface area contributed by atoms with Crippen molar-refractivity contribution in [3.05, 3.63) is 60.2 Å². The van der Waals surface area contributed by atoms with Gasteiger partial charge in [-0.1, -0.05) is 54.3 Å². The second kappa shape index (κ2) is 8.17. The summed E-state index contributed by atoms with van der Waals surface area (Å²) in [5.74, 6) is 0.0718. The van der Waals surface area contributed by atoms with Crippen molar-refractivity contribution in [1.29, 1.82) is 0 Å². The molecule has 2 amide bonds. The highest BCUT2D eigenvalue weighted by Gasteiger charge is 2.50. The Kier molecular flexibility index (Phi) is 5.87. The van der Waals surface area contributed by atoms with Crippen LogP contribution in [0.5, 0.6) is 5.75 Å². The number of nitrogens with zero attached hydrogens (tertiary/aromatic N) is 3. The Morgan fingerprint density at radius 3 is 2.57 bits per heavy atom. The summed E-state index contributed by atoms with van der Waals surface area (Å²) in [7, 11) is 0. The molecule has 0 radical (unpaired) electrons. The standard InChI is InChI=1S/C19H20N4O3S2/c1-19(2)16(23(26)17(25)21-14-9-4-3-5-10-14)22(18(27)28-19)20-12-13-8-6-7-11-15(13)24/h3-12,16,24,26H,1-2H3,(H,21,25)/b20-12-/t16-/m1/s1. The second-order valence-corrected chi connectivity index (χ2v) is 8.92. The molecule has 28 heavy (non-hydrogen) atoms. The summed E-state index contributed by atoms with van der Waals surface area (Å²) in [6.07, 6.45) is 0.607. The van der Waals surface area contributed by atoms with Gasteiger partial charge in [0.05, 0.1) is 11.0 Å². The van der Waals surface area contributed by atoms with Crippen LogP contribution in [0.3, 0.4) is 0 Å². The Morgan fingerprint density at radius 2 is 1.89 bits per heavy atom. The third kappa shape index (κ3) is 4.27. The second-order valence-electron chi connectivity index (χ2n) is 6.63. The van der Waals surface area contributed by atoms with Crippen molar-refractivity contribution in [2.45, 2.75) is 24.8 Å². The van der Waals surface area contributed by atoms with Crippen molar-refractivity contribution < 1.29 is 15.1 Å². The highest BCUT2D eigenvalue weighted by molar-refractivity contribution is 8.24. The van der Waals surface area contributed by atoms with E-state index in [1.165, 1.54) is 23.0 Å². The maximum atomic E-state index is 12.6. The van der Waals surface area contributed by atoms with E-state index in [0.29, 0.717) is 20.6 Å². The third-order valence-electron chi connectivity index (χ3n) is 4.11. The number of carbonyl (C=O) groups excluding carboxylic acids is 1. The van der Waals surface area contributed by atoms with Gasteiger partial charge in [0.15, 0.2) is 10.5 Å². The lowest BCUT2D eigenvalue weighted by Crippen LogP contribution is -2.54. The Labute approximate surface area is 172 Å². The summed E-state index contributed by atoms with van der Waals surface area (Å²) >= 11 is 6.72. The number of hydrogen-bond donors (Lipinski definition) is 3. The fourth-order valence-corrected chi connectivity index (χ4v) is 4.55. The first kappa shape index (κ1) is 20.1. The molecule has 0 aromatic heterocycles. The lowest BCUT2D eigenvalue weighted by atomic mass is 10.1. The lowest BCUT2D eigenvalue weighted by molar-refractivity contribution is -0.114.